The standard InChI is InChI=1S/C22H31N7/c1-6-23-22(27(4)15-19-16-28(5)26-21(19)17(2)3)24-12-18-13-25-29(14-18)20-10-8-7-9-11-20/h7-11,13-14,16-17H,6,12,15H2,1-5H3,(H,23,24). The second-order valence-electron chi connectivity index (χ2n) is 7.52. The van der Waals surface area contributed by atoms with Gasteiger partial charge in [0, 0.05) is 50.7 Å². The number of nitrogens with zero attached hydrogens (tertiary/aromatic N) is 6. The second kappa shape index (κ2) is 9.41. The highest BCUT2D eigenvalue weighted by Crippen LogP contribution is 2.18. The number of nitrogens with one attached hydrogen (secondary N) is 1. The minimum atomic E-state index is 0.392. The molecule has 0 aliphatic heterocycles. The number of guanidine groups is 1. The van der Waals surface area contributed by atoms with E-state index in [4.69, 9.17) is 4.99 Å². The van der Waals surface area contributed by atoms with Crippen molar-refractivity contribution in [1.82, 2.24) is 29.8 Å². The predicted molar refractivity (Wildman–Crippen MR) is 117 cm³/mol. The van der Waals surface area contributed by atoms with Gasteiger partial charge in [0.2, 0.25) is 0 Å². The maximum Gasteiger partial charge on any atom is 0.194 e. The summed E-state index contributed by atoms with van der Waals surface area (Å²) in [6, 6.07) is 10.1. The van der Waals surface area contributed by atoms with Crippen LogP contribution >= 0.6 is 0 Å². The number of para-hydroxylation sites is 1. The molecule has 0 radical (unpaired) electrons. The Balaban J connectivity index is 1.72. The summed E-state index contributed by atoms with van der Waals surface area (Å²) in [6.45, 7) is 8.59. The molecule has 1 aromatic carbocycles. The molecule has 2 aromatic heterocycles. The summed E-state index contributed by atoms with van der Waals surface area (Å²) >= 11 is 0. The van der Waals surface area contributed by atoms with Crippen molar-refractivity contribution in [2.24, 2.45) is 12.0 Å². The first kappa shape index (κ1) is 20.6. The van der Waals surface area contributed by atoms with Gasteiger partial charge in [-0.15, -0.1) is 0 Å². The van der Waals surface area contributed by atoms with Crippen molar-refractivity contribution in [2.75, 3.05) is 13.6 Å². The predicted octanol–water partition coefficient (Wildman–Crippen LogP) is 3.33. The van der Waals surface area contributed by atoms with Crippen LogP contribution in [0.15, 0.2) is 53.9 Å². The number of rotatable bonds is 7. The SMILES string of the molecule is CCNC(=NCc1cnn(-c2ccccc2)c1)N(C)Cc1cn(C)nc1C(C)C. The monoisotopic (exact) mass is 393 g/mol. The van der Waals surface area contributed by atoms with Gasteiger partial charge in [-0.05, 0) is 25.0 Å². The van der Waals surface area contributed by atoms with E-state index in [0.29, 0.717) is 12.5 Å². The number of hydrogen-bond acceptors (Lipinski definition) is 3. The lowest BCUT2D eigenvalue weighted by Gasteiger charge is -2.22. The maximum atomic E-state index is 4.82. The van der Waals surface area contributed by atoms with Gasteiger partial charge in [0.05, 0.1) is 24.1 Å². The smallest absolute Gasteiger partial charge is 0.194 e. The van der Waals surface area contributed by atoms with Gasteiger partial charge in [0.1, 0.15) is 0 Å². The van der Waals surface area contributed by atoms with Gasteiger partial charge in [-0.3, -0.25) is 4.68 Å². The average Bonchev–Trinajstić information content (AvgIpc) is 3.32. The number of aryl methyl sites for hydroxylation is 1. The lowest BCUT2D eigenvalue weighted by atomic mass is 10.1. The first-order valence-electron chi connectivity index (χ1n) is 10.1. The van der Waals surface area contributed by atoms with Crippen LogP contribution < -0.4 is 5.32 Å². The maximum absolute atomic E-state index is 4.82. The van der Waals surface area contributed by atoms with Crippen LogP contribution in [0.3, 0.4) is 0 Å². The van der Waals surface area contributed by atoms with Crippen molar-refractivity contribution < 1.29 is 0 Å². The van der Waals surface area contributed by atoms with Crippen LogP contribution in [0.1, 0.15) is 43.5 Å². The molecule has 0 atom stereocenters. The molecule has 0 aliphatic carbocycles. The first-order valence-corrected chi connectivity index (χ1v) is 10.1. The van der Waals surface area contributed by atoms with Crippen molar-refractivity contribution in [2.45, 2.75) is 39.8 Å². The van der Waals surface area contributed by atoms with Crippen LogP contribution in [0.5, 0.6) is 0 Å². The molecule has 0 amide bonds. The summed E-state index contributed by atoms with van der Waals surface area (Å²) in [5.41, 5.74) is 4.48. The molecule has 0 bridgehead atoms. The number of benzene rings is 1. The highest BCUT2D eigenvalue weighted by molar-refractivity contribution is 5.79. The van der Waals surface area contributed by atoms with Crippen molar-refractivity contribution in [3.05, 3.63) is 65.7 Å². The van der Waals surface area contributed by atoms with Crippen molar-refractivity contribution in [3.8, 4) is 5.69 Å². The van der Waals surface area contributed by atoms with E-state index in [2.05, 4.69) is 54.4 Å². The molecular weight excluding hydrogens is 362 g/mol. The lowest BCUT2D eigenvalue weighted by molar-refractivity contribution is 0.473. The molecular formula is C22H31N7. The Morgan fingerprint density at radius 3 is 2.66 bits per heavy atom. The molecule has 29 heavy (non-hydrogen) atoms. The van der Waals surface area contributed by atoms with Gasteiger partial charge in [-0.2, -0.15) is 10.2 Å². The van der Waals surface area contributed by atoms with Crippen molar-refractivity contribution in [1.29, 1.82) is 0 Å². The third-order valence-electron chi connectivity index (χ3n) is 4.66. The van der Waals surface area contributed by atoms with Gasteiger partial charge >= 0.3 is 0 Å². The fourth-order valence-electron chi connectivity index (χ4n) is 3.29. The summed E-state index contributed by atoms with van der Waals surface area (Å²) in [6.07, 6.45) is 6.00. The number of aliphatic imine (C=N–C) groups is 1. The van der Waals surface area contributed by atoms with Gasteiger partial charge in [0.25, 0.3) is 0 Å². The molecule has 3 aromatic rings. The molecule has 7 heteroatoms. The normalized spacial score (nSPS) is 11.9. The minimum Gasteiger partial charge on any atom is -0.357 e. The van der Waals surface area contributed by atoms with Crippen LogP contribution in [0.4, 0.5) is 0 Å². The van der Waals surface area contributed by atoms with Gasteiger partial charge < -0.3 is 10.2 Å². The van der Waals surface area contributed by atoms with E-state index in [-0.39, 0.29) is 0 Å². The van der Waals surface area contributed by atoms with Crippen LogP contribution in [-0.4, -0.2) is 44.0 Å². The molecule has 2 heterocycles. The lowest BCUT2D eigenvalue weighted by Crippen LogP contribution is -2.38. The van der Waals surface area contributed by atoms with Crippen LogP contribution in [0, 0.1) is 0 Å². The quantitative estimate of drug-likeness (QED) is 0.494. The summed E-state index contributed by atoms with van der Waals surface area (Å²) in [5.74, 6) is 1.27. The zero-order valence-electron chi connectivity index (χ0n) is 18.0. The Bertz CT molecular complexity index is 937. The Hall–Kier alpha value is -3.09. The second-order valence-corrected chi connectivity index (χ2v) is 7.52. The summed E-state index contributed by atoms with van der Waals surface area (Å²) < 4.78 is 3.77. The molecule has 0 spiro atoms. The van der Waals surface area contributed by atoms with E-state index in [1.807, 2.05) is 59.1 Å². The molecule has 154 valence electrons. The topological polar surface area (TPSA) is 63.3 Å². The fourth-order valence-corrected chi connectivity index (χ4v) is 3.29. The highest BCUT2D eigenvalue weighted by Gasteiger charge is 2.15. The Morgan fingerprint density at radius 1 is 1.21 bits per heavy atom. The first-order chi connectivity index (χ1) is 14.0. The van der Waals surface area contributed by atoms with Gasteiger partial charge in [0.15, 0.2) is 5.96 Å². The van der Waals surface area contributed by atoms with Crippen molar-refractivity contribution >= 4 is 5.96 Å². The largest absolute Gasteiger partial charge is 0.357 e. The zero-order valence-corrected chi connectivity index (χ0v) is 18.0. The third-order valence-corrected chi connectivity index (χ3v) is 4.66. The Kier molecular flexibility index (Phi) is 6.69. The van der Waals surface area contributed by atoms with Crippen LogP contribution in [-0.2, 0) is 20.1 Å². The van der Waals surface area contributed by atoms with Crippen molar-refractivity contribution in [3.63, 3.8) is 0 Å². The molecule has 0 aliphatic rings. The highest BCUT2D eigenvalue weighted by atomic mass is 15.3. The Labute approximate surface area is 173 Å². The average molecular weight is 394 g/mol. The number of aromatic nitrogens is 4. The summed E-state index contributed by atoms with van der Waals surface area (Å²) in [5, 5.41) is 12.5. The zero-order chi connectivity index (χ0) is 20.8. The van der Waals surface area contributed by atoms with E-state index in [1.54, 1.807) is 0 Å². The van der Waals surface area contributed by atoms with Crippen LogP contribution in [0.2, 0.25) is 0 Å². The van der Waals surface area contributed by atoms with E-state index in [0.717, 1.165) is 36.0 Å². The molecule has 0 fully saturated rings. The molecule has 7 nitrogen and oxygen atoms in total. The number of hydrogen-bond donors (Lipinski definition) is 1. The van der Waals surface area contributed by atoms with E-state index in [9.17, 15) is 0 Å². The summed E-state index contributed by atoms with van der Waals surface area (Å²) in [4.78, 5) is 6.97. The van der Waals surface area contributed by atoms with Crippen LogP contribution in [0.25, 0.3) is 5.69 Å². The minimum absolute atomic E-state index is 0.392. The van der Waals surface area contributed by atoms with E-state index >= 15 is 0 Å². The fraction of sp³-hybridized carbons (Fsp3) is 0.409. The molecule has 0 saturated heterocycles. The van der Waals surface area contributed by atoms with E-state index in [1.165, 1.54) is 5.56 Å². The molecule has 0 unspecified atom stereocenters. The van der Waals surface area contributed by atoms with Gasteiger partial charge in [-0.1, -0.05) is 32.0 Å². The van der Waals surface area contributed by atoms with Gasteiger partial charge in [-0.25, -0.2) is 9.67 Å². The molecule has 3 rings (SSSR count). The molecule has 1 N–H and O–H groups in total. The summed E-state index contributed by atoms with van der Waals surface area (Å²) in [7, 11) is 4.03. The molecule has 0 saturated carbocycles. The Morgan fingerprint density at radius 2 is 1.97 bits per heavy atom. The third kappa shape index (κ3) is 5.25. The van der Waals surface area contributed by atoms with E-state index < -0.39 is 0 Å².